The third-order valence-corrected chi connectivity index (χ3v) is 6.31. The summed E-state index contributed by atoms with van der Waals surface area (Å²) in [5.74, 6) is 2.68. The van der Waals surface area contributed by atoms with Crippen molar-refractivity contribution >= 4 is 0 Å². The van der Waals surface area contributed by atoms with Crippen LogP contribution in [0.25, 0.3) is 0 Å². The molecule has 0 unspecified atom stereocenters. The van der Waals surface area contributed by atoms with Gasteiger partial charge in [0.1, 0.15) is 5.75 Å². The molecule has 0 aliphatic carbocycles. The van der Waals surface area contributed by atoms with Crippen molar-refractivity contribution < 1.29 is 19.7 Å². The topological polar surface area (TPSA) is 84.9 Å². The number of nitrogens with two attached hydrogens (primary N) is 1. The molecule has 4 atom stereocenters. The van der Waals surface area contributed by atoms with Crippen LogP contribution in [0.15, 0.2) is 18.2 Å². The molecule has 174 valence electrons. The van der Waals surface area contributed by atoms with Gasteiger partial charge in [0.15, 0.2) is 0 Å². The van der Waals surface area contributed by atoms with Crippen molar-refractivity contribution in [3.8, 4) is 5.75 Å². The van der Waals surface area contributed by atoms with Gasteiger partial charge >= 0.3 is 0 Å². The minimum absolute atomic E-state index is 0.134. The summed E-state index contributed by atoms with van der Waals surface area (Å²) in [6.45, 7) is 12.1. The van der Waals surface area contributed by atoms with Gasteiger partial charge in [-0.25, -0.2) is 0 Å². The first-order chi connectivity index (χ1) is 14.2. The van der Waals surface area contributed by atoms with Crippen molar-refractivity contribution in [2.24, 2.45) is 29.4 Å². The molecular weight excluding hydrogens is 378 g/mol. The summed E-state index contributed by atoms with van der Waals surface area (Å²) in [5, 5.41) is 19.5. The van der Waals surface area contributed by atoms with Crippen LogP contribution in [0, 0.1) is 23.7 Å². The Morgan fingerprint density at radius 1 is 1.03 bits per heavy atom. The number of ether oxygens (including phenoxy) is 2. The highest BCUT2D eigenvalue weighted by Gasteiger charge is 2.25. The summed E-state index contributed by atoms with van der Waals surface area (Å²) in [4.78, 5) is 0. The minimum Gasteiger partial charge on any atom is -0.496 e. The largest absolute Gasteiger partial charge is 0.496 e. The molecule has 0 saturated heterocycles. The fraction of sp³-hybridized carbons (Fsp3) is 0.760. The third-order valence-electron chi connectivity index (χ3n) is 6.31. The molecule has 0 bridgehead atoms. The van der Waals surface area contributed by atoms with Gasteiger partial charge in [-0.1, -0.05) is 40.7 Å². The van der Waals surface area contributed by atoms with Gasteiger partial charge in [-0.2, -0.15) is 0 Å². The molecule has 0 aliphatic heterocycles. The average Bonchev–Trinajstić information content (AvgIpc) is 2.70. The van der Waals surface area contributed by atoms with Gasteiger partial charge in [0.05, 0.1) is 19.8 Å². The zero-order valence-corrected chi connectivity index (χ0v) is 19.9. The van der Waals surface area contributed by atoms with Crippen molar-refractivity contribution in [2.75, 3.05) is 20.3 Å². The molecule has 5 heteroatoms. The van der Waals surface area contributed by atoms with E-state index in [1.807, 2.05) is 6.07 Å². The highest BCUT2D eigenvalue weighted by atomic mass is 16.5. The van der Waals surface area contributed by atoms with Gasteiger partial charge in [-0.15, -0.1) is 0 Å². The van der Waals surface area contributed by atoms with E-state index < -0.39 is 6.10 Å². The molecule has 0 saturated carbocycles. The van der Waals surface area contributed by atoms with Crippen molar-refractivity contribution in [2.45, 2.75) is 79.1 Å². The summed E-state index contributed by atoms with van der Waals surface area (Å²) in [6.07, 6.45) is 2.63. The first-order valence-electron chi connectivity index (χ1n) is 11.5. The van der Waals surface area contributed by atoms with Crippen LogP contribution < -0.4 is 10.5 Å². The Morgan fingerprint density at radius 3 is 2.30 bits per heavy atom. The lowest BCUT2D eigenvalue weighted by Crippen LogP contribution is -2.39. The van der Waals surface area contributed by atoms with Crippen LogP contribution in [0.3, 0.4) is 0 Å². The van der Waals surface area contributed by atoms with E-state index in [1.165, 1.54) is 5.56 Å². The van der Waals surface area contributed by atoms with E-state index in [4.69, 9.17) is 20.3 Å². The number of hydrogen-bond acceptors (Lipinski definition) is 5. The van der Waals surface area contributed by atoms with Gasteiger partial charge in [0, 0.05) is 24.8 Å². The second kappa shape index (κ2) is 14.0. The van der Waals surface area contributed by atoms with E-state index in [-0.39, 0.29) is 12.6 Å². The number of hydrogen-bond donors (Lipinski definition) is 3. The van der Waals surface area contributed by atoms with Crippen LogP contribution >= 0.6 is 0 Å². The average molecular weight is 424 g/mol. The van der Waals surface area contributed by atoms with Crippen LogP contribution in [0.2, 0.25) is 0 Å². The first kappa shape index (κ1) is 26.9. The SMILES string of the molecule is COc1ccc(C[C@@H](C[C@H](N)[C@@H](O)C[C@H](C)C(C)C)C(C)C)cc1COCCCO. The predicted octanol–water partition coefficient (Wildman–Crippen LogP) is 4.17. The monoisotopic (exact) mass is 423 g/mol. The number of aliphatic hydroxyl groups is 2. The molecule has 1 rings (SSSR count). The lowest BCUT2D eigenvalue weighted by Gasteiger charge is -2.29. The fourth-order valence-corrected chi connectivity index (χ4v) is 3.65. The molecule has 0 spiro atoms. The Kier molecular flexibility index (Phi) is 12.6. The van der Waals surface area contributed by atoms with Gasteiger partial charge < -0.3 is 25.4 Å². The molecule has 0 aromatic heterocycles. The quantitative estimate of drug-likeness (QED) is 0.369. The van der Waals surface area contributed by atoms with Crippen LogP contribution in [-0.2, 0) is 17.8 Å². The molecule has 4 N–H and O–H groups in total. The van der Waals surface area contributed by atoms with E-state index in [0.29, 0.717) is 43.3 Å². The Balaban J connectivity index is 2.79. The molecule has 0 heterocycles. The molecule has 0 radical (unpaired) electrons. The summed E-state index contributed by atoms with van der Waals surface area (Å²) >= 11 is 0. The molecular formula is C25H45NO4. The van der Waals surface area contributed by atoms with E-state index >= 15 is 0 Å². The summed E-state index contributed by atoms with van der Waals surface area (Å²) in [5.41, 5.74) is 8.67. The number of methoxy groups -OCH3 is 1. The summed E-state index contributed by atoms with van der Waals surface area (Å²) < 4.78 is 11.1. The van der Waals surface area contributed by atoms with Crippen molar-refractivity contribution in [1.82, 2.24) is 0 Å². The third kappa shape index (κ3) is 9.34. The molecule has 0 fully saturated rings. The Bertz CT molecular complexity index is 591. The standard InChI is InChI=1S/C25H45NO4/c1-17(2)19(5)12-24(28)23(26)15-21(18(3)4)13-20-8-9-25(29-6)22(14-20)16-30-11-7-10-27/h8-9,14,17-19,21,23-24,27-28H,7,10-13,15-16,26H2,1-6H3/t19-,21-,23-,24-/m0/s1. The number of aliphatic hydroxyl groups excluding tert-OH is 2. The normalized spacial score (nSPS) is 16.0. The maximum Gasteiger partial charge on any atom is 0.124 e. The van der Waals surface area contributed by atoms with Gasteiger partial charge in [-0.05, 0) is 67.1 Å². The predicted molar refractivity (Wildman–Crippen MR) is 124 cm³/mol. The molecule has 0 amide bonds. The second-order valence-electron chi connectivity index (χ2n) is 9.41. The lowest BCUT2D eigenvalue weighted by molar-refractivity contribution is 0.0944. The van der Waals surface area contributed by atoms with E-state index in [0.717, 1.165) is 30.6 Å². The lowest BCUT2D eigenvalue weighted by atomic mass is 9.81. The Hall–Kier alpha value is -1.14. The zero-order valence-electron chi connectivity index (χ0n) is 19.9. The summed E-state index contributed by atoms with van der Waals surface area (Å²) in [7, 11) is 1.67. The number of rotatable bonds is 15. The molecule has 5 nitrogen and oxygen atoms in total. The van der Waals surface area contributed by atoms with Crippen LogP contribution in [-0.4, -0.2) is 42.7 Å². The highest BCUT2D eigenvalue weighted by Crippen LogP contribution is 2.28. The molecule has 1 aromatic rings. The Labute approximate surface area is 184 Å². The zero-order chi connectivity index (χ0) is 22.7. The highest BCUT2D eigenvalue weighted by molar-refractivity contribution is 5.37. The maximum absolute atomic E-state index is 10.6. The van der Waals surface area contributed by atoms with E-state index in [2.05, 4.69) is 46.8 Å². The molecule has 0 aliphatic rings. The maximum atomic E-state index is 10.6. The van der Waals surface area contributed by atoms with Crippen molar-refractivity contribution in [3.63, 3.8) is 0 Å². The van der Waals surface area contributed by atoms with Crippen LogP contribution in [0.1, 0.15) is 65.0 Å². The van der Waals surface area contributed by atoms with Gasteiger partial charge in [0.2, 0.25) is 0 Å². The fourth-order valence-electron chi connectivity index (χ4n) is 3.65. The van der Waals surface area contributed by atoms with Crippen LogP contribution in [0.5, 0.6) is 5.75 Å². The van der Waals surface area contributed by atoms with Crippen molar-refractivity contribution in [1.29, 1.82) is 0 Å². The molecule has 1 aromatic carbocycles. The summed E-state index contributed by atoms with van der Waals surface area (Å²) in [6, 6.07) is 6.04. The van der Waals surface area contributed by atoms with Crippen LogP contribution in [0.4, 0.5) is 0 Å². The second-order valence-corrected chi connectivity index (χ2v) is 9.41. The van der Waals surface area contributed by atoms with E-state index in [1.54, 1.807) is 7.11 Å². The number of benzene rings is 1. The van der Waals surface area contributed by atoms with Gasteiger partial charge in [-0.3, -0.25) is 0 Å². The van der Waals surface area contributed by atoms with Gasteiger partial charge in [0.25, 0.3) is 0 Å². The molecule has 30 heavy (non-hydrogen) atoms. The van der Waals surface area contributed by atoms with E-state index in [9.17, 15) is 5.11 Å². The van der Waals surface area contributed by atoms with Crippen molar-refractivity contribution in [3.05, 3.63) is 29.3 Å². The smallest absolute Gasteiger partial charge is 0.124 e. The first-order valence-corrected chi connectivity index (χ1v) is 11.5. The minimum atomic E-state index is -0.463. The Morgan fingerprint density at radius 2 is 1.73 bits per heavy atom.